The number of amides is 2. The molecule has 2 aliphatic rings. The maximum absolute atomic E-state index is 13.4. The van der Waals surface area contributed by atoms with Crippen LogP contribution in [0.25, 0.3) is 11.1 Å². The van der Waals surface area contributed by atoms with E-state index in [0.29, 0.717) is 37.4 Å². The molecule has 152 valence electrons. The Hall–Kier alpha value is -2.28. The highest BCUT2D eigenvalue weighted by Gasteiger charge is 2.48. The van der Waals surface area contributed by atoms with E-state index in [1.165, 1.54) is 6.42 Å². The molecule has 1 saturated carbocycles. The van der Waals surface area contributed by atoms with Crippen molar-refractivity contribution < 1.29 is 18.7 Å². The average Bonchev–Trinajstić information content (AvgIpc) is 3.28. The monoisotopic (exact) mass is 387 g/mol. The molecule has 2 amide bonds. The van der Waals surface area contributed by atoms with Gasteiger partial charge in [0.15, 0.2) is 5.58 Å². The van der Waals surface area contributed by atoms with Gasteiger partial charge < -0.3 is 23.9 Å². The van der Waals surface area contributed by atoms with Gasteiger partial charge in [-0.2, -0.15) is 0 Å². The maximum Gasteiger partial charge on any atom is 0.271 e. The molecule has 1 fully saturated rings. The molecule has 28 heavy (non-hydrogen) atoms. The molecule has 1 aliphatic carbocycles. The summed E-state index contributed by atoms with van der Waals surface area (Å²) < 4.78 is 12.6. The summed E-state index contributed by atoms with van der Waals surface area (Å²) >= 11 is 0. The fourth-order valence-corrected chi connectivity index (χ4v) is 4.58. The van der Waals surface area contributed by atoms with Gasteiger partial charge in [0.1, 0.15) is 11.2 Å². The lowest BCUT2D eigenvalue weighted by molar-refractivity contribution is -0.133. The molecule has 7 heteroatoms. The number of carbonyl (C=O) groups is 2. The summed E-state index contributed by atoms with van der Waals surface area (Å²) in [5, 5.41) is 3.23. The van der Waals surface area contributed by atoms with Crippen molar-refractivity contribution in [1.82, 2.24) is 14.8 Å². The molecule has 2 aromatic heterocycles. The summed E-state index contributed by atoms with van der Waals surface area (Å²) in [4.78, 5) is 28.5. The Kier molecular flexibility index (Phi) is 5.19. The smallest absolute Gasteiger partial charge is 0.271 e. The van der Waals surface area contributed by atoms with E-state index in [9.17, 15) is 9.59 Å². The van der Waals surface area contributed by atoms with Crippen LogP contribution in [0.4, 0.5) is 0 Å². The quantitative estimate of drug-likeness (QED) is 0.773. The molecule has 0 radical (unpaired) electrons. The Balaban J connectivity index is 1.65. The predicted molar refractivity (Wildman–Crippen MR) is 105 cm³/mol. The molecule has 2 aromatic rings. The minimum Gasteiger partial charge on any atom is -0.463 e. The van der Waals surface area contributed by atoms with Crippen molar-refractivity contribution in [3.63, 3.8) is 0 Å². The molecule has 0 saturated heterocycles. The third-order valence-electron chi connectivity index (χ3n) is 6.21. The Labute approximate surface area is 165 Å². The molecule has 1 aliphatic heterocycles. The molecule has 0 bridgehead atoms. The fourth-order valence-electron chi connectivity index (χ4n) is 4.58. The van der Waals surface area contributed by atoms with Crippen molar-refractivity contribution in [3.05, 3.63) is 24.1 Å². The number of carbonyl (C=O) groups excluding carboxylic acids is 2. The standard InChI is InChI=1S/C21H29N3O4/c1-21(20(26)22-15-7-4-3-5-8-15)14-23-16-9-12-28-18(16)13-17(23)19(25)24(21)10-6-11-27-2/h9,12-13,15H,3-8,10-11,14H2,1-2H3,(H,22,26)/t21-/m0/s1. The van der Waals surface area contributed by atoms with Gasteiger partial charge in [-0.15, -0.1) is 0 Å². The van der Waals surface area contributed by atoms with Gasteiger partial charge >= 0.3 is 0 Å². The van der Waals surface area contributed by atoms with Crippen LogP contribution in [0.1, 0.15) is 55.9 Å². The van der Waals surface area contributed by atoms with Crippen LogP contribution < -0.4 is 5.32 Å². The molecule has 0 spiro atoms. The number of furan rings is 1. The van der Waals surface area contributed by atoms with Gasteiger partial charge in [0.2, 0.25) is 5.91 Å². The number of fused-ring (bicyclic) bond motifs is 3. The van der Waals surface area contributed by atoms with Gasteiger partial charge in [-0.05, 0) is 26.2 Å². The maximum atomic E-state index is 13.4. The Morgan fingerprint density at radius 3 is 2.89 bits per heavy atom. The van der Waals surface area contributed by atoms with Crippen LogP contribution >= 0.6 is 0 Å². The van der Waals surface area contributed by atoms with Gasteiger partial charge in [-0.25, -0.2) is 0 Å². The minimum atomic E-state index is -0.946. The first-order chi connectivity index (χ1) is 13.5. The average molecular weight is 387 g/mol. The molecule has 1 N–H and O–H groups in total. The van der Waals surface area contributed by atoms with Crippen LogP contribution in [-0.4, -0.2) is 53.1 Å². The number of methoxy groups -OCH3 is 1. The molecule has 7 nitrogen and oxygen atoms in total. The Bertz CT molecular complexity index is 864. The first-order valence-electron chi connectivity index (χ1n) is 10.2. The molecule has 0 aromatic carbocycles. The number of hydrogen-bond acceptors (Lipinski definition) is 4. The molecule has 0 unspecified atom stereocenters. The highest BCUT2D eigenvalue weighted by atomic mass is 16.5. The zero-order chi connectivity index (χ0) is 19.7. The van der Waals surface area contributed by atoms with E-state index in [2.05, 4.69) is 5.32 Å². The Morgan fingerprint density at radius 1 is 1.36 bits per heavy atom. The number of rotatable bonds is 6. The van der Waals surface area contributed by atoms with Crippen molar-refractivity contribution in [2.45, 2.75) is 63.6 Å². The van der Waals surface area contributed by atoms with Crippen molar-refractivity contribution in [2.75, 3.05) is 20.3 Å². The molecule has 1 atom stereocenters. The highest BCUT2D eigenvalue weighted by molar-refractivity contribution is 6.02. The number of aromatic nitrogens is 1. The minimum absolute atomic E-state index is 0.0684. The van der Waals surface area contributed by atoms with Crippen molar-refractivity contribution >= 4 is 22.9 Å². The summed E-state index contributed by atoms with van der Waals surface area (Å²) in [6.07, 6.45) is 7.86. The van der Waals surface area contributed by atoms with Crippen molar-refractivity contribution in [2.24, 2.45) is 0 Å². The largest absolute Gasteiger partial charge is 0.463 e. The SMILES string of the molecule is COCCCN1C(=O)c2cc3occc3n2C[C@@]1(C)C(=O)NC1CCCCC1. The zero-order valence-electron chi connectivity index (χ0n) is 16.7. The third kappa shape index (κ3) is 3.21. The number of nitrogens with one attached hydrogen (secondary N) is 1. The molecule has 4 rings (SSSR count). The number of ether oxygens (including phenoxy) is 1. The lowest BCUT2D eigenvalue weighted by Gasteiger charge is -2.44. The fraction of sp³-hybridized carbons (Fsp3) is 0.619. The van der Waals surface area contributed by atoms with Crippen molar-refractivity contribution in [3.8, 4) is 0 Å². The second-order valence-corrected chi connectivity index (χ2v) is 8.17. The van der Waals surface area contributed by atoms with E-state index in [1.54, 1.807) is 24.3 Å². The molecular formula is C21H29N3O4. The second-order valence-electron chi connectivity index (χ2n) is 8.17. The van der Waals surface area contributed by atoms with E-state index in [1.807, 2.05) is 17.6 Å². The van der Waals surface area contributed by atoms with Crippen LogP contribution in [0, 0.1) is 0 Å². The number of nitrogens with zero attached hydrogens (tertiary/aromatic N) is 2. The van der Waals surface area contributed by atoms with Crippen LogP contribution in [0.15, 0.2) is 22.8 Å². The first kappa shape index (κ1) is 19.1. The van der Waals surface area contributed by atoms with E-state index >= 15 is 0 Å². The van der Waals surface area contributed by atoms with E-state index in [0.717, 1.165) is 31.2 Å². The van der Waals surface area contributed by atoms with Gasteiger partial charge in [0, 0.05) is 38.4 Å². The summed E-state index contributed by atoms with van der Waals surface area (Å²) in [5.74, 6) is -0.198. The summed E-state index contributed by atoms with van der Waals surface area (Å²) in [5.41, 5.74) is 1.17. The summed E-state index contributed by atoms with van der Waals surface area (Å²) in [7, 11) is 1.65. The Morgan fingerprint density at radius 2 is 2.14 bits per heavy atom. The van der Waals surface area contributed by atoms with E-state index < -0.39 is 5.54 Å². The highest BCUT2D eigenvalue weighted by Crippen LogP contribution is 2.33. The van der Waals surface area contributed by atoms with Crippen molar-refractivity contribution in [1.29, 1.82) is 0 Å². The van der Waals surface area contributed by atoms with Gasteiger partial charge in [-0.3, -0.25) is 9.59 Å². The summed E-state index contributed by atoms with van der Waals surface area (Å²) in [6, 6.07) is 3.83. The topological polar surface area (TPSA) is 76.7 Å². The third-order valence-corrected chi connectivity index (χ3v) is 6.21. The van der Waals surface area contributed by atoms with Crippen LogP contribution in [0.3, 0.4) is 0 Å². The molecular weight excluding hydrogens is 358 g/mol. The van der Waals surface area contributed by atoms with Gasteiger partial charge in [-0.1, -0.05) is 19.3 Å². The summed E-state index contributed by atoms with van der Waals surface area (Å²) in [6.45, 7) is 3.33. The molecule has 3 heterocycles. The normalized spacial score (nSPS) is 23.2. The number of hydrogen-bond donors (Lipinski definition) is 1. The van der Waals surface area contributed by atoms with E-state index in [4.69, 9.17) is 9.15 Å². The van der Waals surface area contributed by atoms with Crippen LogP contribution in [-0.2, 0) is 16.1 Å². The zero-order valence-corrected chi connectivity index (χ0v) is 16.7. The van der Waals surface area contributed by atoms with Gasteiger partial charge in [0.05, 0.1) is 18.3 Å². The predicted octanol–water partition coefficient (Wildman–Crippen LogP) is 2.93. The first-order valence-corrected chi connectivity index (χ1v) is 10.2. The van der Waals surface area contributed by atoms with Crippen LogP contribution in [0.2, 0.25) is 0 Å². The second kappa shape index (κ2) is 7.62. The van der Waals surface area contributed by atoms with E-state index in [-0.39, 0.29) is 17.9 Å². The lowest BCUT2D eigenvalue weighted by Crippen LogP contribution is -2.65. The van der Waals surface area contributed by atoms with Gasteiger partial charge in [0.25, 0.3) is 5.91 Å². The van der Waals surface area contributed by atoms with Crippen LogP contribution in [0.5, 0.6) is 0 Å². The lowest BCUT2D eigenvalue weighted by atomic mass is 9.91.